The minimum atomic E-state index is -0.869. The third-order valence-corrected chi connectivity index (χ3v) is 6.34. The number of H-pyrrole nitrogens is 1. The van der Waals surface area contributed by atoms with Crippen LogP contribution >= 0.6 is 0 Å². The molecule has 0 radical (unpaired) electrons. The van der Waals surface area contributed by atoms with Gasteiger partial charge < -0.3 is 16.0 Å². The summed E-state index contributed by atoms with van der Waals surface area (Å²) in [5.41, 5.74) is 9.97. The molecular weight excluding hydrogens is 400 g/mol. The Labute approximate surface area is 188 Å². The van der Waals surface area contributed by atoms with E-state index in [1.807, 2.05) is 61.7 Å². The number of rotatable bonds is 7. The number of aromatic nitrogens is 2. The molecular formula is C25H28N6O. The minimum absolute atomic E-state index is 0.0508. The predicted molar refractivity (Wildman–Crippen MR) is 124 cm³/mol. The summed E-state index contributed by atoms with van der Waals surface area (Å²) >= 11 is 0. The first-order valence-electron chi connectivity index (χ1n) is 10.8. The largest absolute Gasteiger partial charge is 0.371 e. The van der Waals surface area contributed by atoms with E-state index in [0.29, 0.717) is 24.9 Å². The van der Waals surface area contributed by atoms with E-state index in [0.717, 1.165) is 35.6 Å². The van der Waals surface area contributed by atoms with Crippen molar-refractivity contribution in [1.82, 2.24) is 14.9 Å². The van der Waals surface area contributed by atoms with Crippen LogP contribution in [0.2, 0.25) is 0 Å². The Balaban J connectivity index is 1.64. The monoisotopic (exact) mass is 428 g/mol. The van der Waals surface area contributed by atoms with E-state index in [2.05, 4.69) is 26.3 Å². The molecule has 2 unspecified atom stereocenters. The van der Waals surface area contributed by atoms with Crippen molar-refractivity contribution in [3.8, 4) is 6.07 Å². The Kier molecular flexibility index (Phi) is 6.24. The standard InChI is InChI=1S/C25H28N6O/c1-18-3-2-4-22(11-18)30-25(24(27)32)9-10-31(16-23-14-28-17-29-23)15-21(25)12-19-5-7-20(13-26)8-6-19/h2-8,11,14,17,21,30H,9-10,12,15-16H2,1H3,(H2,27,32)(H,28,29). The average molecular weight is 429 g/mol. The van der Waals surface area contributed by atoms with Crippen LogP contribution in [0.3, 0.4) is 0 Å². The Morgan fingerprint density at radius 3 is 2.81 bits per heavy atom. The molecule has 1 aliphatic rings. The lowest BCUT2D eigenvalue weighted by Crippen LogP contribution is -2.63. The van der Waals surface area contributed by atoms with Crippen molar-refractivity contribution < 1.29 is 4.79 Å². The zero-order chi connectivity index (χ0) is 22.6. The molecule has 164 valence electrons. The van der Waals surface area contributed by atoms with E-state index in [1.54, 1.807) is 6.33 Å². The molecule has 3 aromatic rings. The molecule has 1 saturated heterocycles. The first kappa shape index (κ1) is 21.6. The molecule has 0 aliphatic carbocycles. The molecule has 2 atom stereocenters. The maximum absolute atomic E-state index is 13.0. The Bertz CT molecular complexity index is 1100. The van der Waals surface area contributed by atoms with E-state index in [1.165, 1.54) is 0 Å². The number of nitrogens with one attached hydrogen (secondary N) is 2. The number of hydrogen-bond acceptors (Lipinski definition) is 5. The normalized spacial score (nSPS) is 21.1. The molecule has 0 saturated carbocycles. The molecule has 1 amide bonds. The quantitative estimate of drug-likeness (QED) is 0.536. The van der Waals surface area contributed by atoms with E-state index >= 15 is 0 Å². The summed E-state index contributed by atoms with van der Waals surface area (Å²) in [6.07, 6.45) is 4.79. The van der Waals surface area contributed by atoms with Gasteiger partial charge in [0.1, 0.15) is 5.54 Å². The number of primary amides is 1. The van der Waals surface area contributed by atoms with Gasteiger partial charge >= 0.3 is 0 Å². The molecule has 4 N–H and O–H groups in total. The van der Waals surface area contributed by atoms with Gasteiger partial charge in [-0.2, -0.15) is 5.26 Å². The topological polar surface area (TPSA) is 111 Å². The van der Waals surface area contributed by atoms with E-state index in [9.17, 15) is 4.79 Å². The summed E-state index contributed by atoms with van der Waals surface area (Å²) in [6.45, 7) is 4.22. The number of piperidine rings is 1. The van der Waals surface area contributed by atoms with Crippen molar-refractivity contribution in [3.63, 3.8) is 0 Å². The molecule has 32 heavy (non-hydrogen) atoms. The van der Waals surface area contributed by atoms with Crippen LogP contribution in [0.15, 0.2) is 61.1 Å². The summed E-state index contributed by atoms with van der Waals surface area (Å²) in [5, 5.41) is 12.6. The maximum atomic E-state index is 13.0. The number of aryl methyl sites for hydroxylation is 1. The number of amides is 1. The summed E-state index contributed by atoms with van der Waals surface area (Å²) in [4.78, 5) is 22.6. The molecule has 4 rings (SSSR count). The van der Waals surface area contributed by atoms with Gasteiger partial charge in [0, 0.05) is 43.1 Å². The highest BCUT2D eigenvalue weighted by atomic mass is 16.1. The fourth-order valence-corrected chi connectivity index (χ4v) is 4.62. The third-order valence-electron chi connectivity index (χ3n) is 6.34. The first-order chi connectivity index (χ1) is 15.5. The SMILES string of the molecule is Cc1cccc(NC2(C(N)=O)CCN(Cc3cnc[nH]3)CC2Cc2ccc(C#N)cc2)c1. The van der Waals surface area contributed by atoms with Crippen LogP contribution in [0.4, 0.5) is 5.69 Å². The lowest BCUT2D eigenvalue weighted by Gasteiger charge is -2.47. The Morgan fingerprint density at radius 1 is 1.34 bits per heavy atom. The molecule has 7 heteroatoms. The second-order valence-electron chi connectivity index (χ2n) is 8.60. The van der Waals surface area contributed by atoms with Crippen LogP contribution in [0.1, 0.15) is 28.8 Å². The second-order valence-corrected chi connectivity index (χ2v) is 8.60. The predicted octanol–water partition coefficient (Wildman–Crippen LogP) is 2.99. The van der Waals surface area contributed by atoms with Crippen LogP contribution in [0.5, 0.6) is 0 Å². The van der Waals surface area contributed by atoms with Crippen molar-refractivity contribution >= 4 is 11.6 Å². The molecule has 2 heterocycles. The van der Waals surface area contributed by atoms with Crippen LogP contribution in [-0.2, 0) is 17.8 Å². The van der Waals surface area contributed by atoms with Crippen LogP contribution in [0.25, 0.3) is 0 Å². The molecule has 0 bridgehead atoms. The van der Waals surface area contributed by atoms with Crippen molar-refractivity contribution in [3.05, 3.63) is 83.4 Å². The van der Waals surface area contributed by atoms with Crippen LogP contribution in [0, 0.1) is 24.2 Å². The van der Waals surface area contributed by atoms with Gasteiger partial charge in [0.2, 0.25) is 5.91 Å². The van der Waals surface area contributed by atoms with Gasteiger partial charge in [0.15, 0.2) is 0 Å². The lowest BCUT2D eigenvalue weighted by molar-refractivity contribution is -0.126. The van der Waals surface area contributed by atoms with E-state index in [-0.39, 0.29) is 11.8 Å². The van der Waals surface area contributed by atoms with Crippen LogP contribution < -0.4 is 11.1 Å². The Morgan fingerprint density at radius 2 is 2.16 bits per heavy atom. The number of likely N-dealkylation sites (tertiary alicyclic amines) is 1. The van der Waals surface area contributed by atoms with Gasteiger partial charge in [-0.25, -0.2) is 4.98 Å². The highest BCUT2D eigenvalue weighted by Crippen LogP contribution is 2.35. The second kappa shape index (κ2) is 9.25. The van der Waals surface area contributed by atoms with E-state index in [4.69, 9.17) is 11.0 Å². The highest BCUT2D eigenvalue weighted by Gasteiger charge is 2.47. The Hall–Kier alpha value is -3.63. The minimum Gasteiger partial charge on any atom is -0.371 e. The third kappa shape index (κ3) is 4.66. The number of nitrogens with two attached hydrogens (primary N) is 1. The van der Waals surface area contributed by atoms with Gasteiger partial charge in [-0.1, -0.05) is 24.3 Å². The average Bonchev–Trinajstić information content (AvgIpc) is 3.29. The van der Waals surface area contributed by atoms with Gasteiger partial charge in [-0.3, -0.25) is 9.69 Å². The molecule has 1 aromatic heterocycles. The number of benzene rings is 2. The molecule has 1 fully saturated rings. The van der Waals surface area contributed by atoms with Gasteiger partial charge in [-0.05, 0) is 55.2 Å². The fourth-order valence-electron chi connectivity index (χ4n) is 4.62. The van der Waals surface area contributed by atoms with Crippen molar-refractivity contribution in [2.24, 2.45) is 11.7 Å². The highest BCUT2D eigenvalue weighted by molar-refractivity contribution is 5.88. The molecule has 2 aromatic carbocycles. The first-order valence-corrected chi connectivity index (χ1v) is 10.8. The lowest BCUT2D eigenvalue weighted by atomic mass is 9.73. The number of carbonyl (C=O) groups excluding carboxylic acids is 1. The number of imidazole rings is 1. The number of carbonyl (C=O) groups is 1. The summed E-state index contributed by atoms with van der Waals surface area (Å²) < 4.78 is 0. The van der Waals surface area contributed by atoms with Crippen LogP contribution in [-0.4, -0.2) is 39.4 Å². The van der Waals surface area contributed by atoms with Gasteiger partial charge in [0.25, 0.3) is 0 Å². The number of hydrogen-bond donors (Lipinski definition) is 3. The fraction of sp³-hybridized carbons (Fsp3) is 0.320. The molecule has 0 spiro atoms. The number of nitriles is 1. The summed E-state index contributed by atoms with van der Waals surface area (Å²) in [7, 11) is 0. The van der Waals surface area contributed by atoms with Crippen molar-refractivity contribution in [1.29, 1.82) is 5.26 Å². The molecule has 7 nitrogen and oxygen atoms in total. The summed E-state index contributed by atoms with van der Waals surface area (Å²) in [5.74, 6) is -0.385. The maximum Gasteiger partial charge on any atom is 0.243 e. The number of anilines is 1. The zero-order valence-corrected chi connectivity index (χ0v) is 18.2. The summed E-state index contributed by atoms with van der Waals surface area (Å²) in [6, 6.07) is 17.8. The zero-order valence-electron chi connectivity index (χ0n) is 18.2. The smallest absolute Gasteiger partial charge is 0.243 e. The van der Waals surface area contributed by atoms with Gasteiger partial charge in [0.05, 0.1) is 18.0 Å². The van der Waals surface area contributed by atoms with E-state index < -0.39 is 5.54 Å². The van der Waals surface area contributed by atoms with Crippen molar-refractivity contribution in [2.45, 2.75) is 31.8 Å². The van der Waals surface area contributed by atoms with Crippen molar-refractivity contribution in [2.75, 3.05) is 18.4 Å². The number of nitrogens with zero attached hydrogens (tertiary/aromatic N) is 3. The van der Waals surface area contributed by atoms with Gasteiger partial charge in [-0.15, -0.1) is 0 Å². The number of aromatic amines is 1. The molecule has 1 aliphatic heterocycles.